The first-order valence-electron chi connectivity index (χ1n) is 5.46. The summed E-state index contributed by atoms with van der Waals surface area (Å²) in [6.07, 6.45) is 5.89. The molecule has 0 unspecified atom stereocenters. The van der Waals surface area contributed by atoms with Crippen molar-refractivity contribution in [3.05, 3.63) is 18.6 Å². The largest absolute Gasteiger partial charge is 0.375 e. The Hall–Kier alpha value is -0.300. The van der Waals surface area contributed by atoms with E-state index in [-0.39, 0.29) is 5.60 Å². The van der Waals surface area contributed by atoms with Crippen LogP contribution >= 0.6 is 0 Å². The first-order valence-corrected chi connectivity index (χ1v) is 5.46. The average molecular weight is 195 g/mol. The van der Waals surface area contributed by atoms with E-state index < -0.39 is 0 Å². The Morgan fingerprint density at radius 1 is 1.50 bits per heavy atom. The smallest absolute Gasteiger partial charge is 0.0627 e. The van der Waals surface area contributed by atoms with Crippen molar-refractivity contribution < 1.29 is 4.74 Å². The van der Waals surface area contributed by atoms with E-state index in [1.54, 1.807) is 5.57 Å². The Morgan fingerprint density at radius 3 is 2.57 bits per heavy atom. The number of allylic oxidation sites excluding steroid dienone is 1. The third-order valence-electron chi connectivity index (χ3n) is 2.56. The van der Waals surface area contributed by atoms with Crippen LogP contribution in [0, 0.1) is 12.3 Å². The maximum atomic E-state index is 5.61. The molecule has 1 nitrogen and oxygen atoms in total. The van der Waals surface area contributed by atoms with E-state index in [0.717, 1.165) is 13.0 Å². The van der Waals surface area contributed by atoms with Gasteiger partial charge in [-0.15, -0.1) is 0 Å². The van der Waals surface area contributed by atoms with Gasteiger partial charge < -0.3 is 4.74 Å². The number of rotatable bonds is 4. The fourth-order valence-electron chi connectivity index (χ4n) is 1.83. The van der Waals surface area contributed by atoms with Gasteiger partial charge in [-0.05, 0) is 45.4 Å². The molecule has 1 aliphatic carbocycles. The summed E-state index contributed by atoms with van der Waals surface area (Å²) in [5.74, 6) is 0. The van der Waals surface area contributed by atoms with Gasteiger partial charge in [0.05, 0.1) is 12.2 Å². The van der Waals surface area contributed by atoms with Gasteiger partial charge in [-0.3, -0.25) is 0 Å². The van der Waals surface area contributed by atoms with E-state index in [4.69, 9.17) is 4.74 Å². The van der Waals surface area contributed by atoms with Crippen molar-refractivity contribution in [3.8, 4) is 0 Å². The molecule has 0 fully saturated rings. The molecule has 0 atom stereocenters. The lowest BCUT2D eigenvalue weighted by atomic mass is 9.89. The molecule has 1 rings (SSSR count). The molecule has 1 heteroatoms. The molecule has 81 valence electrons. The summed E-state index contributed by atoms with van der Waals surface area (Å²) in [6, 6.07) is 0. The SMILES string of the molecule is [CH2]C(C)(C)OCCC1=CCC(C)(C)C1. The second-order valence-electron chi connectivity index (χ2n) is 5.77. The Balaban J connectivity index is 2.22. The van der Waals surface area contributed by atoms with Crippen molar-refractivity contribution in [1.82, 2.24) is 0 Å². The van der Waals surface area contributed by atoms with Crippen LogP contribution in [0.4, 0.5) is 0 Å². The fourth-order valence-corrected chi connectivity index (χ4v) is 1.83. The van der Waals surface area contributed by atoms with Crippen LogP contribution in [0.5, 0.6) is 0 Å². The Bertz CT molecular complexity index is 218. The van der Waals surface area contributed by atoms with Gasteiger partial charge in [0.25, 0.3) is 0 Å². The van der Waals surface area contributed by atoms with Gasteiger partial charge in [0.2, 0.25) is 0 Å². The summed E-state index contributed by atoms with van der Waals surface area (Å²) in [5, 5.41) is 0. The van der Waals surface area contributed by atoms with Gasteiger partial charge in [-0.2, -0.15) is 0 Å². The van der Waals surface area contributed by atoms with Gasteiger partial charge in [-0.1, -0.05) is 25.5 Å². The van der Waals surface area contributed by atoms with E-state index >= 15 is 0 Å². The van der Waals surface area contributed by atoms with Crippen LogP contribution in [0.1, 0.15) is 47.0 Å². The first kappa shape index (κ1) is 11.8. The topological polar surface area (TPSA) is 9.23 Å². The zero-order chi connectivity index (χ0) is 10.8. The molecule has 1 aliphatic rings. The van der Waals surface area contributed by atoms with Crippen molar-refractivity contribution in [2.45, 2.75) is 52.6 Å². The van der Waals surface area contributed by atoms with Gasteiger partial charge in [0.15, 0.2) is 0 Å². The highest BCUT2D eigenvalue weighted by molar-refractivity contribution is 5.13. The van der Waals surface area contributed by atoms with E-state index in [0.29, 0.717) is 5.41 Å². The Kier molecular flexibility index (Phi) is 3.41. The monoisotopic (exact) mass is 195 g/mol. The zero-order valence-corrected chi connectivity index (χ0v) is 10.0. The highest BCUT2D eigenvalue weighted by Crippen LogP contribution is 2.37. The minimum Gasteiger partial charge on any atom is -0.375 e. The van der Waals surface area contributed by atoms with Crippen LogP contribution in [0.25, 0.3) is 0 Å². The lowest BCUT2D eigenvalue weighted by Gasteiger charge is -2.20. The summed E-state index contributed by atoms with van der Waals surface area (Å²) in [4.78, 5) is 0. The molecule has 1 radical (unpaired) electrons. The van der Waals surface area contributed by atoms with Crippen molar-refractivity contribution >= 4 is 0 Å². The molecule has 0 amide bonds. The molecule has 0 aromatic rings. The van der Waals surface area contributed by atoms with Crippen molar-refractivity contribution in [3.63, 3.8) is 0 Å². The summed E-state index contributed by atoms with van der Waals surface area (Å²) < 4.78 is 5.61. The van der Waals surface area contributed by atoms with Crippen molar-refractivity contribution in [2.75, 3.05) is 6.61 Å². The summed E-state index contributed by atoms with van der Waals surface area (Å²) in [6.45, 7) is 13.4. The third-order valence-corrected chi connectivity index (χ3v) is 2.56. The summed E-state index contributed by atoms with van der Waals surface area (Å²) in [5.41, 5.74) is 1.79. The van der Waals surface area contributed by atoms with Gasteiger partial charge >= 0.3 is 0 Å². The van der Waals surface area contributed by atoms with E-state index in [1.807, 2.05) is 13.8 Å². The standard InChI is InChI=1S/C13H23O/c1-12(2,3)14-9-7-11-6-8-13(4,5)10-11/h6H,1,7-10H2,2-5H3. The number of hydrogen-bond acceptors (Lipinski definition) is 1. The molecular formula is C13H23O. The zero-order valence-electron chi connectivity index (χ0n) is 10.0. The van der Waals surface area contributed by atoms with Crippen LogP contribution in [-0.2, 0) is 4.74 Å². The van der Waals surface area contributed by atoms with E-state index in [9.17, 15) is 0 Å². The van der Waals surface area contributed by atoms with Crippen molar-refractivity contribution in [1.29, 1.82) is 0 Å². The third kappa shape index (κ3) is 4.28. The molecule has 0 N–H and O–H groups in total. The first-order chi connectivity index (χ1) is 6.29. The van der Waals surface area contributed by atoms with E-state index in [1.165, 1.54) is 12.8 Å². The van der Waals surface area contributed by atoms with Gasteiger partial charge in [0, 0.05) is 0 Å². The van der Waals surface area contributed by atoms with Crippen LogP contribution in [0.3, 0.4) is 0 Å². The second-order valence-corrected chi connectivity index (χ2v) is 5.77. The molecule has 0 spiro atoms. The summed E-state index contributed by atoms with van der Waals surface area (Å²) in [7, 11) is 0. The predicted octanol–water partition coefficient (Wildman–Crippen LogP) is 3.75. The maximum absolute atomic E-state index is 5.61. The Labute approximate surface area is 88.5 Å². The number of hydrogen-bond donors (Lipinski definition) is 0. The van der Waals surface area contributed by atoms with E-state index in [2.05, 4.69) is 26.8 Å². The molecule has 0 aromatic heterocycles. The van der Waals surface area contributed by atoms with Crippen LogP contribution in [0.2, 0.25) is 0 Å². The van der Waals surface area contributed by atoms with Crippen LogP contribution < -0.4 is 0 Å². The molecule has 0 bridgehead atoms. The normalized spacial score (nSPS) is 21.1. The molecule has 0 heterocycles. The molecule has 0 saturated heterocycles. The fraction of sp³-hybridized carbons (Fsp3) is 0.769. The minimum absolute atomic E-state index is 0.241. The van der Waals surface area contributed by atoms with Crippen LogP contribution in [-0.4, -0.2) is 12.2 Å². The average Bonchev–Trinajstić information content (AvgIpc) is 2.27. The highest BCUT2D eigenvalue weighted by atomic mass is 16.5. The summed E-state index contributed by atoms with van der Waals surface area (Å²) >= 11 is 0. The maximum Gasteiger partial charge on any atom is 0.0627 e. The number of ether oxygens (including phenoxy) is 1. The van der Waals surface area contributed by atoms with Crippen LogP contribution in [0.15, 0.2) is 11.6 Å². The second kappa shape index (κ2) is 4.06. The molecule has 0 aromatic carbocycles. The Morgan fingerprint density at radius 2 is 2.14 bits per heavy atom. The molecular weight excluding hydrogens is 172 g/mol. The molecule has 14 heavy (non-hydrogen) atoms. The lowest BCUT2D eigenvalue weighted by molar-refractivity contribution is 0.0190. The van der Waals surface area contributed by atoms with Crippen molar-refractivity contribution in [2.24, 2.45) is 5.41 Å². The quantitative estimate of drug-likeness (QED) is 0.621. The minimum atomic E-state index is -0.241. The predicted molar refractivity (Wildman–Crippen MR) is 61.1 cm³/mol. The highest BCUT2D eigenvalue weighted by Gasteiger charge is 2.24. The molecule has 0 aliphatic heterocycles. The molecule has 0 saturated carbocycles. The van der Waals surface area contributed by atoms with Gasteiger partial charge in [-0.25, -0.2) is 0 Å². The van der Waals surface area contributed by atoms with Gasteiger partial charge in [0.1, 0.15) is 0 Å². The lowest BCUT2D eigenvalue weighted by Crippen LogP contribution is -2.20.